The minimum atomic E-state index is 0.498. The maximum Gasteiger partial charge on any atom is 0.110 e. The fourth-order valence-corrected chi connectivity index (χ4v) is 3.00. The van der Waals surface area contributed by atoms with Crippen LogP contribution in [0.2, 0.25) is 0 Å². The van der Waals surface area contributed by atoms with Gasteiger partial charge in [0.2, 0.25) is 0 Å². The zero-order valence-electron chi connectivity index (χ0n) is 11.3. The largest absolute Gasteiger partial charge is 0.350 e. The number of piperidine rings is 1. The number of fused-ring (bicyclic) bond motifs is 1. The second kappa shape index (κ2) is 5.13. The second-order valence-corrected chi connectivity index (χ2v) is 5.39. The van der Waals surface area contributed by atoms with E-state index in [9.17, 15) is 4.91 Å². The van der Waals surface area contributed by atoms with Crippen molar-refractivity contribution in [2.75, 3.05) is 13.1 Å². The summed E-state index contributed by atoms with van der Waals surface area (Å²) in [6.45, 7) is 3.40. The van der Waals surface area contributed by atoms with Gasteiger partial charge in [0.25, 0.3) is 0 Å². The van der Waals surface area contributed by atoms with Gasteiger partial charge in [0, 0.05) is 25.2 Å². The SMILES string of the molecule is Cn1cc(CN2CCCCC2)c2ccc(N=O)cc21. The highest BCUT2D eigenvalue weighted by Gasteiger charge is 2.14. The molecule has 1 aliphatic rings. The fraction of sp³-hybridized carbons (Fsp3) is 0.467. The zero-order chi connectivity index (χ0) is 13.2. The van der Waals surface area contributed by atoms with Crippen LogP contribution in [0.15, 0.2) is 29.6 Å². The van der Waals surface area contributed by atoms with Crippen molar-refractivity contribution in [2.45, 2.75) is 25.8 Å². The molecule has 2 heterocycles. The predicted octanol–water partition coefficient (Wildman–Crippen LogP) is 3.56. The normalized spacial score (nSPS) is 16.9. The van der Waals surface area contributed by atoms with E-state index in [0.29, 0.717) is 5.69 Å². The molecular weight excluding hydrogens is 238 g/mol. The molecule has 0 aliphatic carbocycles. The Morgan fingerprint density at radius 1 is 1.21 bits per heavy atom. The number of nitroso groups, excluding NO2 is 1. The number of aromatic nitrogens is 1. The number of aryl methyl sites for hydroxylation is 1. The summed E-state index contributed by atoms with van der Waals surface area (Å²) in [5.74, 6) is 0. The lowest BCUT2D eigenvalue weighted by Gasteiger charge is -2.26. The van der Waals surface area contributed by atoms with Gasteiger partial charge in [-0.05, 0) is 48.8 Å². The topological polar surface area (TPSA) is 37.6 Å². The molecule has 1 aliphatic heterocycles. The summed E-state index contributed by atoms with van der Waals surface area (Å²) in [6, 6.07) is 5.68. The number of hydrogen-bond donors (Lipinski definition) is 0. The van der Waals surface area contributed by atoms with E-state index >= 15 is 0 Å². The van der Waals surface area contributed by atoms with Crippen LogP contribution in [0.1, 0.15) is 24.8 Å². The smallest absolute Gasteiger partial charge is 0.110 e. The van der Waals surface area contributed by atoms with Crippen molar-refractivity contribution in [3.63, 3.8) is 0 Å². The van der Waals surface area contributed by atoms with Gasteiger partial charge < -0.3 is 4.57 Å². The van der Waals surface area contributed by atoms with Crippen LogP contribution >= 0.6 is 0 Å². The third-order valence-corrected chi connectivity index (χ3v) is 4.00. The molecule has 0 atom stereocenters. The van der Waals surface area contributed by atoms with Gasteiger partial charge in [-0.3, -0.25) is 4.90 Å². The van der Waals surface area contributed by atoms with E-state index in [-0.39, 0.29) is 0 Å². The van der Waals surface area contributed by atoms with Crippen molar-refractivity contribution in [1.82, 2.24) is 9.47 Å². The van der Waals surface area contributed by atoms with Crippen molar-refractivity contribution in [1.29, 1.82) is 0 Å². The number of benzene rings is 1. The van der Waals surface area contributed by atoms with Crippen LogP contribution in [0.25, 0.3) is 10.9 Å². The highest BCUT2D eigenvalue weighted by atomic mass is 16.3. The molecule has 0 bridgehead atoms. The summed E-state index contributed by atoms with van der Waals surface area (Å²) in [7, 11) is 2.02. The first-order valence-electron chi connectivity index (χ1n) is 6.91. The van der Waals surface area contributed by atoms with Gasteiger partial charge >= 0.3 is 0 Å². The Morgan fingerprint density at radius 2 is 2.00 bits per heavy atom. The van der Waals surface area contributed by atoms with Crippen LogP contribution < -0.4 is 0 Å². The van der Waals surface area contributed by atoms with Crippen LogP contribution in [-0.4, -0.2) is 22.6 Å². The van der Waals surface area contributed by atoms with Crippen LogP contribution in [-0.2, 0) is 13.6 Å². The van der Waals surface area contributed by atoms with E-state index in [2.05, 4.69) is 20.8 Å². The van der Waals surface area contributed by atoms with Crippen LogP contribution in [0.4, 0.5) is 5.69 Å². The number of nitrogens with zero attached hydrogens (tertiary/aromatic N) is 3. The Bertz CT molecular complexity index is 597. The molecule has 19 heavy (non-hydrogen) atoms. The van der Waals surface area contributed by atoms with Crippen LogP contribution in [0.3, 0.4) is 0 Å². The second-order valence-electron chi connectivity index (χ2n) is 5.39. The highest BCUT2D eigenvalue weighted by Crippen LogP contribution is 2.27. The Kier molecular flexibility index (Phi) is 3.34. The molecule has 0 spiro atoms. The van der Waals surface area contributed by atoms with Crippen molar-refractivity contribution >= 4 is 16.6 Å². The third kappa shape index (κ3) is 2.40. The van der Waals surface area contributed by atoms with Crippen molar-refractivity contribution < 1.29 is 0 Å². The van der Waals surface area contributed by atoms with Gasteiger partial charge in [-0.25, -0.2) is 0 Å². The molecule has 0 radical (unpaired) electrons. The summed E-state index contributed by atoms with van der Waals surface area (Å²) in [5.41, 5.74) is 2.93. The monoisotopic (exact) mass is 257 g/mol. The fourth-order valence-electron chi connectivity index (χ4n) is 3.00. The summed E-state index contributed by atoms with van der Waals surface area (Å²) in [6.07, 6.45) is 6.15. The average molecular weight is 257 g/mol. The summed E-state index contributed by atoms with van der Waals surface area (Å²) < 4.78 is 2.09. The van der Waals surface area contributed by atoms with Gasteiger partial charge in [-0.15, -0.1) is 4.91 Å². The molecule has 3 rings (SSSR count). The zero-order valence-corrected chi connectivity index (χ0v) is 11.3. The maximum absolute atomic E-state index is 10.6. The van der Waals surface area contributed by atoms with Crippen molar-refractivity contribution in [3.05, 3.63) is 34.9 Å². The quantitative estimate of drug-likeness (QED) is 0.788. The first-order valence-corrected chi connectivity index (χ1v) is 6.91. The summed E-state index contributed by atoms with van der Waals surface area (Å²) in [4.78, 5) is 13.1. The molecule has 2 aromatic rings. The number of likely N-dealkylation sites (tertiary alicyclic amines) is 1. The van der Waals surface area contributed by atoms with Crippen LogP contribution in [0, 0.1) is 4.91 Å². The lowest BCUT2D eigenvalue weighted by molar-refractivity contribution is 0.221. The minimum absolute atomic E-state index is 0.498. The summed E-state index contributed by atoms with van der Waals surface area (Å²) in [5, 5.41) is 4.25. The Hall–Kier alpha value is -1.68. The van der Waals surface area contributed by atoms with E-state index in [1.54, 1.807) is 6.07 Å². The first-order chi connectivity index (χ1) is 9.28. The van der Waals surface area contributed by atoms with Crippen molar-refractivity contribution in [3.8, 4) is 0 Å². The molecule has 4 heteroatoms. The lowest BCUT2D eigenvalue weighted by Crippen LogP contribution is -2.28. The number of hydrogen-bond acceptors (Lipinski definition) is 3. The molecular formula is C15H19N3O. The number of rotatable bonds is 3. The van der Waals surface area contributed by atoms with Crippen LogP contribution in [0.5, 0.6) is 0 Å². The minimum Gasteiger partial charge on any atom is -0.350 e. The molecule has 0 unspecified atom stereocenters. The van der Waals surface area contributed by atoms with Gasteiger partial charge in [0.05, 0.1) is 5.52 Å². The molecule has 100 valence electrons. The van der Waals surface area contributed by atoms with Crippen molar-refractivity contribution in [2.24, 2.45) is 12.2 Å². The Labute approximate surface area is 113 Å². The molecule has 1 aromatic heterocycles. The van der Waals surface area contributed by atoms with Gasteiger partial charge in [-0.2, -0.15) is 0 Å². The molecule has 0 N–H and O–H groups in total. The third-order valence-electron chi connectivity index (χ3n) is 4.00. The van der Waals surface area contributed by atoms with E-state index in [1.165, 1.54) is 43.3 Å². The van der Waals surface area contributed by atoms with Gasteiger partial charge in [0.1, 0.15) is 5.69 Å². The van der Waals surface area contributed by atoms with E-state index < -0.39 is 0 Å². The lowest BCUT2D eigenvalue weighted by atomic mass is 10.1. The summed E-state index contributed by atoms with van der Waals surface area (Å²) >= 11 is 0. The highest BCUT2D eigenvalue weighted by molar-refractivity contribution is 5.86. The van der Waals surface area contributed by atoms with E-state index in [4.69, 9.17) is 0 Å². The predicted molar refractivity (Wildman–Crippen MR) is 77.5 cm³/mol. The molecule has 0 saturated carbocycles. The van der Waals surface area contributed by atoms with E-state index in [1.807, 2.05) is 19.2 Å². The maximum atomic E-state index is 10.6. The average Bonchev–Trinajstić information content (AvgIpc) is 2.76. The standard InChI is InChI=1S/C15H19N3O/c1-17-10-12(11-18-7-3-2-4-8-18)14-6-5-13(16-19)9-15(14)17/h5-6,9-10H,2-4,7-8,11H2,1H3. The molecule has 1 saturated heterocycles. The van der Waals surface area contributed by atoms with Gasteiger partial charge in [0.15, 0.2) is 0 Å². The molecule has 0 amide bonds. The van der Waals surface area contributed by atoms with Gasteiger partial charge in [-0.1, -0.05) is 12.5 Å². The Balaban J connectivity index is 1.92. The molecule has 4 nitrogen and oxygen atoms in total. The first kappa shape index (κ1) is 12.4. The molecule has 1 fully saturated rings. The van der Waals surface area contributed by atoms with E-state index in [0.717, 1.165) is 12.1 Å². The Morgan fingerprint density at radius 3 is 2.74 bits per heavy atom. The molecule has 1 aromatic carbocycles.